The molecule has 0 rings (SSSR count). The standard InChI is InChI=1S/C5H7F3OS/c6-5(7,8)10-4-2-1-3-9/h1-2,9H,3-4H2/b2-1+. The molecule has 0 unspecified atom stereocenters. The summed E-state index contributed by atoms with van der Waals surface area (Å²) in [5.41, 5.74) is -4.17. The maximum atomic E-state index is 11.3. The molecule has 10 heavy (non-hydrogen) atoms. The summed E-state index contributed by atoms with van der Waals surface area (Å²) in [6.45, 7) is -0.210. The van der Waals surface area contributed by atoms with Crippen LogP contribution in [0.15, 0.2) is 12.2 Å². The molecule has 0 fully saturated rings. The second-order valence-corrected chi connectivity index (χ2v) is 2.50. The van der Waals surface area contributed by atoms with Gasteiger partial charge in [-0.3, -0.25) is 0 Å². The quantitative estimate of drug-likeness (QED) is 0.655. The van der Waals surface area contributed by atoms with E-state index in [1.165, 1.54) is 12.2 Å². The summed E-state index contributed by atoms with van der Waals surface area (Å²) in [5, 5.41) is 8.12. The number of aliphatic hydroxyl groups excluding tert-OH is 1. The van der Waals surface area contributed by atoms with E-state index >= 15 is 0 Å². The highest BCUT2D eigenvalue weighted by Crippen LogP contribution is 2.29. The Morgan fingerprint density at radius 2 is 1.90 bits per heavy atom. The number of halogens is 3. The first-order valence-corrected chi connectivity index (χ1v) is 3.51. The van der Waals surface area contributed by atoms with Crippen molar-refractivity contribution in [3.05, 3.63) is 12.2 Å². The highest BCUT2D eigenvalue weighted by molar-refractivity contribution is 8.00. The van der Waals surface area contributed by atoms with Gasteiger partial charge in [0, 0.05) is 5.75 Å². The van der Waals surface area contributed by atoms with Gasteiger partial charge in [0.15, 0.2) is 0 Å². The molecule has 0 aromatic heterocycles. The van der Waals surface area contributed by atoms with Gasteiger partial charge in [0.05, 0.1) is 6.61 Å². The molecule has 0 aliphatic rings. The molecule has 0 atom stereocenters. The Balaban J connectivity index is 3.28. The van der Waals surface area contributed by atoms with Gasteiger partial charge in [0.2, 0.25) is 0 Å². The Kier molecular flexibility index (Phi) is 4.55. The molecule has 0 saturated carbocycles. The molecule has 0 aliphatic heterocycles. The molecular weight excluding hydrogens is 165 g/mol. The molecule has 60 valence electrons. The molecule has 0 amide bonds. The Bertz CT molecular complexity index is 110. The third kappa shape index (κ3) is 7.84. The van der Waals surface area contributed by atoms with E-state index in [1.807, 2.05) is 0 Å². The minimum atomic E-state index is -4.17. The molecule has 1 N–H and O–H groups in total. The lowest BCUT2D eigenvalue weighted by Gasteiger charge is -2.00. The molecule has 0 spiro atoms. The summed E-state index contributed by atoms with van der Waals surface area (Å²) in [6.07, 6.45) is 2.55. The average Bonchev–Trinajstić information content (AvgIpc) is 1.78. The fourth-order valence-corrected chi connectivity index (χ4v) is 0.706. The van der Waals surface area contributed by atoms with Gasteiger partial charge in [-0.25, -0.2) is 0 Å². The van der Waals surface area contributed by atoms with Gasteiger partial charge in [-0.15, -0.1) is 0 Å². The summed E-state index contributed by atoms with van der Waals surface area (Å²) >= 11 is -0.124. The number of hydrogen-bond donors (Lipinski definition) is 1. The number of alkyl halides is 3. The summed E-state index contributed by atoms with van der Waals surface area (Å²) in [6, 6.07) is 0. The second kappa shape index (κ2) is 4.62. The lowest BCUT2D eigenvalue weighted by atomic mass is 10.6. The number of aliphatic hydroxyl groups is 1. The van der Waals surface area contributed by atoms with Gasteiger partial charge < -0.3 is 5.11 Å². The van der Waals surface area contributed by atoms with Crippen LogP contribution < -0.4 is 0 Å². The third-order valence-corrected chi connectivity index (χ3v) is 1.30. The van der Waals surface area contributed by atoms with E-state index in [0.29, 0.717) is 0 Å². The Morgan fingerprint density at radius 3 is 2.30 bits per heavy atom. The maximum absolute atomic E-state index is 11.3. The fourth-order valence-electron chi connectivity index (χ4n) is 0.285. The topological polar surface area (TPSA) is 20.2 Å². The first-order valence-electron chi connectivity index (χ1n) is 2.53. The van der Waals surface area contributed by atoms with Crippen LogP contribution in [0.1, 0.15) is 0 Å². The molecule has 0 aromatic rings. The van der Waals surface area contributed by atoms with Crippen LogP contribution in [-0.2, 0) is 0 Å². The van der Waals surface area contributed by atoms with E-state index in [-0.39, 0.29) is 24.1 Å². The Morgan fingerprint density at radius 1 is 1.30 bits per heavy atom. The van der Waals surface area contributed by atoms with E-state index in [0.717, 1.165) is 0 Å². The maximum Gasteiger partial charge on any atom is 0.442 e. The zero-order valence-corrected chi connectivity index (χ0v) is 5.87. The molecule has 1 nitrogen and oxygen atoms in total. The minimum absolute atomic E-state index is 0.124. The van der Waals surface area contributed by atoms with E-state index in [1.54, 1.807) is 0 Å². The molecule has 0 aliphatic carbocycles. The van der Waals surface area contributed by atoms with Crippen molar-refractivity contribution in [2.75, 3.05) is 12.4 Å². The highest BCUT2D eigenvalue weighted by atomic mass is 32.2. The smallest absolute Gasteiger partial charge is 0.392 e. The molecule has 5 heteroatoms. The molecule has 0 heterocycles. The first kappa shape index (κ1) is 9.84. The molecule has 0 saturated heterocycles. The summed E-state index contributed by atoms with van der Waals surface area (Å²) < 4.78 is 34.0. The highest BCUT2D eigenvalue weighted by Gasteiger charge is 2.26. The van der Waals surface area contributed by atoms with E-state index in [4.69, 9.17) is 5.11 Å². The van der Waals surface area contributed by atoms with E-state index in [2.05, 4.69) is 0 Å². The predicted molar refractivity (Wildman–Crippen MR) is 34.7 cm³/mol. The summed E-state index contributed by atoms with van der Waals surface area (Å²) in [5.74, 6) is -0.135. The SMILES string of the molecule is OC/C=C/CSC(F)(F)F. The molecule has 0 bridgehead atoms. The largest absolute Gasteiger partial charge is 0.442 e. The van der Waals surface area contributed by atoms with Crippen molar-refractivity contribution in [3.63, 3.8) is 0 Å². The zero-order valence-electron chi connectivity index (χ0n) is 5.06. The lowest BCUT2D eigenvalue weighted by molar-refractivity contribution is -0.0326. The lowest BCUT2D eigenvalue weighted by Crippen LogP contribution is -1.99. The second-order valence-electron chi connectivity index (χ2n) is 1.41. The van der Waals surface area contributed by atoms with Crippen LogP contribution >= 0.6 is 11.8 Å². The van der Waals surface area contributed by atoms with E-state index < -0.39 is 5.51 Å². The van der Waals surface area contributed by atoms with Gasteiger partial charge in [0.25, 0.3) is 0 Å². The van der Waals surface area contributed by atoms with Crippen molar-refractivity contribution in [1.29, 1.82) is 0 Å². The van der Waals surface area contributed by atoms with Gasteiger partial charge in [-0.1, -0.05) is 12.2 Å². The van der Waals surface area contributed by atoms with Crippen LogP contribution in [0, 0.1) is 0 Å². The Hall–Kier alpha value is -0.160. The van der Waals surface area contributed by atoms with Crippen molar-refractivity contribution in [2.24, 2.45) is 0 Å². The average molecular weight is 172 g/mol. The minimum Gasteiger partial charge on any atom is -0.392 e. The van der Waals surface area contributed by atoms with Crippen LogP contribution in [0.25, 0.3) is 0 Å². The molecular formula is C5H7F3OS. The molecule has 0 aromatic carbocycles. The first-order chi connectivity index (χ1) is 4.56. The van der Waals surface area contributed by atoms with Gasteiger partial charge in [-0.2, -0.15) is 13.2 Å². The normalized spacial score (nSPS) is 12.8. The van der Waals surface area contributed by atoms with Gasteiger partial charge >= 0.3 is 5.51 Å². The third-order valence-electron chi connectivity index (χ3n) is 0.615. The van der Waals surface area contributed by atoms with Gasteiger partial charge in [0.1, 0.15) is 0 Å². The van der Waals surface area contributed by atoms with Crippen LogP contribution in [0.3, 0.4) is 0 Å². The predicted octanol–water partition coefficient (Wildman–Crippen LogP) is 1.79. The van der Waals surface area contributed by atoms with Crippen molar-refractivity contribution >= 4 is 11.8 Å². The number of thioether (sulfide) groups is 1. The summed E-state index contributed by atoms with van der Waals surface area (Å²) in [7, 11) is 0. The number of rotatable bonds is 3. The van der Waals surface area contributed by atoms with Crippen molar-refractivity contribution < 1.29 is 18.3 Å². The van der Waals surface area contributed by atoms with Crippen molar-refractivity contribution in [2.45, 2.75) is 5.51 Å². The monoisotopic (exact) mass is 172 g/mol. The molecule has 0 radical (unpaired) electrons. The van der Waals surface area contributed by atoms with Gasteiger partial charge in [-0.05, 0) is 11.8 Å². The fraction of sp³-hybridized carbons (Fsp3) is 0.600. The van der Waals surface area contributed by atoms with Crippen LogP contribution in [-0.4, -0.2) is 23.0 Å². The summed E-state index contributed by atoms with van der Waals surface area (Å²) in [4.78, 5) is 0. The van der Waals surface area contributed by atoms with Crippen LogP contribution in [0.4, 0.5) is 13.2 Å². The van der Waals surface area contributed by atoms with Crippen LogP contribution in [0.5, 0.6) is 0 Å². The van der Waals surface area contributed by atoms with E-state index in [9.17, 15) is 13.2 Å². The van der Waals surface area contributed by atoms with Crippen LogP contribution in [0.2, 0.25) is 0 Å². The number of hydrogen-bond acceptors (Lipinski definition) is 2. The zero-order chi connectivity index (χ0) is 8.04. The van der Waals surface area contributed by atoms with Crippen molar-refractivity contribution in [3.8, 4) is 0 Å². The van der Waals surface area contributed by atoms with Crippen molar-refractivity contribution in [1.82, 2.24) is 0 Å². The Labute approximate surface area is 60.9 Å².